The van der Waals surface area contributed by atoms with Gasteiger partial charge in [-0.25, -0.2) is 23.7 Å². The summed E-state index contributed by atoms with van der Waals surface area (Å²) in [6.45, 7) is 0. The average molecular weight is 599 g/mol. The van der Waals surface area contributed by atoms with Crippen LogP contribution in [0.25, 0.3) is 22.3 Å². The first-order valence-corrected chi connectivity index (χ1v) is 13.4. The summed E-state index contributed by atoms with van der Waals surface area (Å²) < 4.78 is 26.7. The summed E-state index contributed by atoms with van der Waals surface area (Å²) in [5.74, 6) is -0.773. The van der Waals surface area contributed by atoms with Crippen molar-refractivity contribution in [3.05, 3.63) is 144 Å². The van der Waals surface area contributed by atoms with Crippen LogP contribution in [0.5, 0.6) is 0 Å². The van der Waals surface area contributed by atoms with Crippen LogP contribution in [0.1, 0.15) is 0 Å². The highest BCUT2D eigenvalue weighted by Crippen LogP contribution is 2.27. The minimum Gasteiger partial charge on any atom is -0.338 e. The van der Waals surface area contributed by atoms with E-state index in [0.29, 0.717) is 5.95 Å². The van der Waals surface area contributed by atoms with E-state index in [-0.39, 0.29) is 16.3 Å². The van der Waals surface area contributed by atoms with Gasteiger partial charge in [0.25, 0.3) is 0 Å². The zero-order valence-corrected chi connectivity index (χ0v) is 23.4. The van der Waals surface area contributed by atoms with E-state index in [0.717, 1.165) is 39.8 Å². The molecule has 0 aliphatic carbocycles. The highest BCUT2D eigenvalue weighted by atomic mass is 35.5. The van der Waals surface area contributed by atoms with Gasteiger partial charge in [-0.1, -0.05) is 96.5 Å². The van der Waals surface area contributed by atoms with Crippen molar-refractivity contribution in [1.29, 1.82) is 0 Å². The molecule has 6 aromatic rings. The van der Waals surface area contributed by atoms with Crippen LogP contribution in [0.2, 0.25) is 10.4 Å². The molecule has 0 unspecified atom stereocenters. The Hall–Kier alpha value is -4.92. The third kappa shape index (κ3) is 7.63. The highest BCUT2D eigenvalue weighted by molar-refractivity contribution is 6.31. The molecule has 42 heavy (non-hydrogen) atoms. The monoisotopic (exact) mass is 598 g/mol. The molecule has 0 bridgehead atoms. The van der Waals surface area contributed by atoms with E-state index in [1.165, 1.54) is 6.20 Å². The van der Waals surface area contributed by atoms with Gasteiger partial charge in [-0.15, -0.1) is 0 Å². The molecule has 0 radical (unpaired) electrons. The van der Waals surface area contributed by atoms with Crippen LogP contribution in [-0.2, 0) is 0 Å². The number of benzene rings is 4. The molecule has 6 nitrogen and oxygen atoms in total. The highest BCUT2D eigenvalue weighted by Gasteiger charge is 2.09. The molecule has 2 aromatic heterocycles. The molecule has 0 aliphatic rings. The molecule has 0 spiro atoms. The van der Waals surface area contributed by atoms with Gasteiger partial charge in [0.2, 0.25) is 11.2 Å². The molecule has 0 saturated heterocycles. The predicted molar refractivity (Wildman–Crippen MR) is 164 cm³/mol. The van der Waals surface area contributed by atoms with Gasteiger partial charge in [0.1, 0.15) is 0 Å². The average Bonchev–Trinajstić information content (AvgIpc) is 3.02. The zero-order valence-electron chi connectivity index (χ0n) is 21.8. The van der Waals surface area contributed by atoms with Gasteiger partial charge in [0.15, 0.2) is 22.6 Å². The summed E-state index contributed by atoms with van der Waals surface area (Å²) in [7, 11) is 0. The van der Waals surface area contributed by atoms with Crippen molar-refractivity contribution in [1.82, 2.24) is 19.9 Å². The Morgan fingerprint density at radius 3 is 1.60 bits per heavy atom. The maximum absolute atomic E-state index is 14.5. The molecule has 208 valence electrons. The first-order chi connectivity index (χ1) is 20.4. The molecule has 2 heterocycles. The van der Waals surface area contributed by atoms with E-state index in [1.807, 2.05) is 97.1 Å². The number of nitrogens with one attached hydrogen (secondary N) is 2. The number of anilines is 4. The summed E-state index contributed by atoms with van der Waals surface area (Å²) in [6, 6.07) is 35.9. The first kappa shape index (κ1) is 28.6. The quantitative estimate of drug-likeness (QED) is 0.147. The minimum absolute atomic E-state index is 0.0543. The van der Waals surface area contributed by atoms with Crippen LogP contribution in [-0.4, -0.2) is 19.9 Å². The molecule has 0 fully saturated rings. The number of aromatic nitrogens is 4. The van der Waals surface area contributed by atoms with Crippen molar-refractivity contribution in [2.45, 2.75) is 0 Å². The van der Waals surface area contributed by atoms with Gasteiger partial charge in [0.05, 0.1) is 12.4 Å². The van der Waals surface area contributed by atoms with E-state index in [9.17, 15) is 8.78 Å². The lowest BCUT2D eigenvalue weighted by atomic mass is 10.1. The van der Waals surface area contributed by atoms with Crippen LogP contribution in [0.3, 0.4) is 0 Å². The molecule has 4 aromatic carbocycles. The van der Waals surface area contributed by atoms with Crippen LogP contribution in [0.15, 0.2) is 122 Å². The number of rotatable bonds is 6. The van der Waals surface area contributed by atoms with Crippen LogP contribution < -0.4 is 10.6 Å². The second-order valence-corrected chi connectivity index (χ2v) is 9.51. The fourth-order valence-electron chi connectivity index (χ4n) is 3.92. The van der Waals surface area contributed by atoms with E-state index in [1.54, 1.807) is 0 Å². The third-order valence-corrected chi connectivity index (χ3v) is 6.32. The van der Waals surface area contributed by atoms with Crippen molar-refractivity contribution in [2.24, 2.45) is 0 Å². The SMILES string of the molecule is Fc1cnc(Cl)nc1Cl.Fc1cnc(Nc2cccc(-c3ccccc3)c2)nc1Nc1cccc(-c2ccccc2)c1. The largest absolute Gasteiger partial charge is 0.338 e. The summed E-state index contributed by atoms with van der Waals surface area (Å²) in [4.78, 5) is 15.1. The van der Waals surface area contributed by atoms with E-state index < -0.39 is 11.6 Å². The van der Waals surface area contributed by atoms with Crippen molar-refractivity contribution < 1.29 is 8.78 Å². The predicted octanol–water partition coefficient (Wildman–Crippen LogP) is 9.36. The van der Waals surface area contributed by atoms with Crippen LogP contribution in [0, 0.1) is 11.6 Å². The smallest absolute Gasteiger partial charge is 0.229 e. The van der Waals surface area contributed by atoms with Crippen LogP contribution >= 0.6 is 23.2 Å². The van der Waals surface area contributed by atoms with Crippen LogP contribution in [0.4, 0.5) is 31.9 Å². The summed E-state index contributed by atoms with van der Waals surface area (Å²) in [5.41, 5.74) is 5.86. The second-order valence-electron chi connectivity index (χ2n) is 8.81. The number of hydrogen-bond acceptors (Lipinski definition) is 6. The maximum atomic E-state index is 14.5. The Morgan fingerprint density at radius 1 is 0.524 bits per heavy atom. The lowest BCUT2D eigenvalue weighted by Crippen LogP contribution is -2.03. The number of halogens is 4. The van der Waals surface area contributed by atoms with Crippen molar-refractivity contribution in [2.75, 3.05) is 10.6 Å². The number of hydrogen-bond donors (Lipinski definition) is 2. The van der Waals surface area contributed by atoms with Gasteiger partial charge in [0, 0.05) is 11.4 Å². The van der Waals surface area contributed by atoms with Crippen molar-refractivity contribution in [3.63, 3.8) is 0 Å². The topological polar surface area (TPSA) is 75.6 Å². The van der Waals surface area contributed by atoms with Gasteiger partial charge in [-0.2, -0.15) is 4.98 Å². The molecular formula is C32H22Cl2F2N6. The van der Waals surface area contributed by atoms with Gasteiger partial charge < -0.3 is 10.6 Å². The minimum atomic E-state index is -0.666. The molecule has 6 rings (SSSR count). The van der Waals surface area contributed by atoms with Crippen molar-refractivity contribution >= 4 is 46.3 Å². The van der Waals surface area contributed by atoms with Gasteiger partial charge in [-0.05, 0) is 58.1 Å². The van der Waals surface area contributed by atoms with Gasteiger partial charge in [-0.3, -0.25) is 0 Å². The molecule has 0 amide bonds. The summed E-state index contributed by atoms with van der Waals surface area (Å²) in [6.07, 6.45) is 2.08. The van der Waals surface area contributed by atoms with Crippen molar-refractivity contribution in [3.8, 4) is 22.3 Å². The summed E-state index contributed by atoms with van der Waals surface area (Å²) >= 11 is 10.4. The third-order valence-electron chi connectivity index (χ3n) is 5.87. The Balaban J connectivity index is 0.000000336. The standard InChI is InChI=1S/C28H21FN4.C4HCl2FN2/c29-26-19-30-28(32-25-16-8-14-23(18-25)21-11-5-2-6-12-21)33-27(26)31-24-15-7-13-22(17-24)20-9-3-1-4-10-20;5-3-2(7)1-8-4(6)9-3/h1-19H,(H2,30,31,32,33);1H. The molecule has 2 N–H and O–H groups in total. The molecule has 10 heteroatoms. The lowest BCUT2D eigenvalue weighted by molar-refractivity contribution is 0.614. The second kappa shape index (κ2) is 13.6. The Morgan fingerprint density at radius 2 is 1.05 bits per heavy atom. The fourth-order valence-corrected chi connectivity index (χ4v) is 4.23. The van der Waals surface area contributed by atoms with Gasteiger partial charge >= 0.3 is 0 Å². The first-order valence-electron chi connectivity index (χ1n) is 12.7. The normalized spacial score (nSPS) is 10.4. The Bertz CT molecular complexity index is 1790. The summed E-state index contributed by atoms with van der Waals surface area (Å²) in [5, 5.41) is 5.95. The molecular weight excluding hydrogens is 577 g/mol. The Kier molecular flexibility index (Phi) is 9.28. The Labute approximate surface area is 251 Å². The lowest BCUT2D eigenvalue weighted by Gasteiger charge is -2.11. The van der Waals surface area contributed by atoms with E-state index in [4.69, 9.17) is 23.2 Å². The fraction of sp³-hybridized carbons (Fsp3) is 0. The molecule has 0 saturated carbocycles. The zero-order chi connectivity index (χ0) is 29.3. The van der Waals surface area contributed by atoms with E-state index >= 15 is 0 Å². The maximum Gasteiger partial charge on any atom is 0.229 e. The molecule has 0 atom stereocenters. The molecule has 0 aliphatic heterocycles. The van der Waals surface area contributed by atoms with E-state index in [2.05, 4.69) is 42.7 Å². The number of nitrogens with zero attached hydrogens (tertiary/aromatic N) is 4.